The van der Waals surface area contributed by atoms with Crippen LogP contribution in [0.3, 0.4) is 0 Å². The normalized spacial score (nSPS) is 27.8. The number of halogens is 3. The van der Waals surface area contributed by atoms with E-state index in [0.29, 0.717) is 46.5 Å². The number of aromatic nitrogens is 3. The van der Waals surface area contributed by atoms with Crippen LogP contribution in [0.2, 0.25) is 0 Å². The Kier molecular flexibility index (Phi) is 5.79. The minimum absolute atomic E-state index is 0.0487. The van der Waals surface area contributed by atoms with E-state index >= 15 is 0 Å². The summed E-state index contributed by atoms with van der Waals surface area (Å²) in [6.07, 6.45) is -0.702. The summed E-state index contributed by atoms with van der Waals surface area (Å²) in [4.78, 5) is 25.2. The number of hydrogen-bond donors (Lipinski definition) is 2. The molecule has 3 aromatic rings. The van der Waals surface area contributed by atoms with Crippen molar-refractivity contribution in [2.45, 2.75) is 67.6 Å². The summed E-state index contributed by atoms with van der Waals surface area (Å²) in [6.45, 7) is 5.61. The highest BCUT2D eigenvalue weighted by atomic mass is 32.2. The first-order valence-electron chi connectivity index (χ1n) is 12.5. The zero-order valence-electron chi connectivity index (χ0n) is 20.3. The average molecular weight is 518 g/mol. The molecular weight excluding hydrogens is 487 g/mol. The number of piperazine rings is 1. The lowest BCUT2D eigenvalue weighted by molar-refractivity contribution is -0.137. The SMILES string of the molecule is C[C@@H]1CN(c2nc(=O)n3c4c(cc(C(F)(F)F)cc24)[SH](C2CC2)C[C@@H](c2ccccn2)C3)C[C@H](C)N1. The van der Waals surface area contributed by atoms with Crippen molar-refractivity contribution in [1.82, 2.24) is 19.9 Å². The van der Waals surface area contributed by atoms with Gasteiger partial charge in [0.25, 0.3) is 0 Å². The van der Waals surface area contributed by atoms with Gasteiger partial charge < -0.3 is 10.2 Å². The van der Waals surface area contributed by atoms with Crippen LogP contribution in [0.5, 0.6) is 0 Å². The topological polar surface area (TPSA) is 63.1 Å². The van der Waals surface area contributed by atoms with Crippen LogP contribution in [0.25, 0.3) is 10.9 Å². The third kappa shape index (κ3) is 4.28. The van der Waals surface area contributed by atoms with Crippen LogP contribution in [-0.2, 0) is 12.7 Å². The molecule has 10 heteroatoms. The highest BCUT2D eigenvalue weighted by Crippen LogP contribution is 2.58. The highest BCUT2D eigenvalue weighted by Gasteiger charge is 2.39. The van der Waals surface area contributed by atoms with Crippen LogP contribution >= 0.6 is 10.9 Å². The molecular formula is C26H30F3N5OS. The second-order valence-electron chi connectivity index (χ2n) is 10.4. The van der Waals surface area contributed by atoms with E-state index in [1.165, 1.54) is 12.1 Å². The Morgan fingerprint density at radius 3 is 2.47 bits per heavy atom. The molecule has 1 N–H and O–H groups in total. The van der Waals surface area contributed by atoms with Crippen molar-refractivity contribution in [3.63, 3.8) is 0 Å². The number of nitrogens with zero attached hydrogens (tertiary/aromatic N) is 4. The van der Waals surface area contributed by atoms with E-state index in [2.05, 4.69) is 15.3 Å². The smallest absolute Gasteiger partial charge is 0.353 e. The monoisotopic (exact) mass is 517 g/mol. The van der Waals surface area contributed by atoms with E-state index in [-0.39, 0.29) is 18.0 Å². The van der Waals surface area contributed by atoms with Gasteiger partial charge in [-0.1, -0.05) is 6.07 Å². The van der Waals surface area contributed by atoms with Gasteiger partial charge in [-0.25, -0.2) is 15.7 Å². The Bertz CT molecular complexity index is 1350. The Hall–Kier alpha value is -2.59. The maximum atomic E-state index is 14.2. The molecule has 0 amide bonds. The van der Waals surface area contributed by atoms with Crippen molar-refractivity contribution in [2.24, 2.45) is 0 Å². The van der Waals surface area contributed by atoms with Crippen molar-refractivity contribution >= 4 is 27.6 Å². The molecule has 1 unspecified atom stereocenters. The zero-order valence-corrected chi connectivity index (χ0v) is 21.2. The fourth-order valence-corrected chi connectivity index (χ4v) is 9.08. The van der Waals surface area contributed by atoms with E-state index in [0.717, 1.165) is 24.3 Å². The maximum Gasteiger partial charge on any atom is 0.416 e. The Balaban J connectivity index is 1.61. The first kappa shape index (κ1) is 23.8. The fourth-order valence-electron chi connectivity index (χ4n) is 5.82. The lowest BCUT2D eigenvalue weighted by atomic mass is 10.1. The molecule has 1 saturated heterocycles. The number of benzene rings is 1. The fraction of sp³-hybridized carbons (Fsp3) is 0.500. The molecule has 192 valence electrons. The third-order valence-electron chi connectivity index (χ3n) is 7.44. The zero-order chi connectivity index (χ0) is 25.2. The first-order chi connectivity index (χ1) is 17.2. The van der Waals surface area contributed by atoms with Gasteiger partial charge >= 0.3 is 11.9 Å². The minimum Gasteiger partial charge on any atom is -0.353 e. The molecule has 3 aliphatic rings. The summed E-state index contributed by atoms with van der Waals surface area (Å²) >= 11 is 0. The van der Waals surface area contributed by atoms with Crippen LogP contribution < -0.4 is 15.9 Å². The summed E-state index contributed by atoms with van der Waals surface area (Å²) in [7, 11) is -0.896. The number of hydrogen-bond acceptors (Lipinski definition) is 5. The predicted octanol–water partition coefficient (Wildman–Crippen LogP) is 4.32. The Morgan fingerprint density at radius 1 is 1.08 bits per heavy atom. The molecule has 2 aliphatic heterocycles. The lowest BCUT2D eigenvalue weighted by Gasteiger charge is -2.37. The standard InChI is InChI=1S/C26H30F3N5OS/c1-15-11-33(12-16(2)31-15)24-20-9-18(26(27,28)29)10-22-23(20)34(25(35)32-24)13-17(14-36(22)19-6-7-19)21-5-3-4-8-30-21/h3-5,8-10,15-17,19,31,36H,6-7,11-14H2,1-2H3/t15-,16+,17-/m0/s1. The summed E-state index contributed by atoms with van der Waals surface area (Å²) < 4.78 is 44.2. The van der Waals surface area contributed by atoms with E-state index in [4.69, 9.17) is 0 Å². The molecule has 1 aliphatic carbocycles. The largest absolute Gasteiger partial charge is 0.416 e. The van der Waals surface area contributed by atoms with Gasteiger partial charge in [0.15, 0.2) is 0 Å². The van der Waals surface area contributed by atoms with Crippen LogP contribution in [-0.4, -0.2) is 50.7 Å². The van der Waals surface area contributed by atoms with Crippen LogP contribution in [0.15, 0.2) is 46.2 Å². The van der Waals surface area contributed by atoms with Crippen molar-refractivity contribution in [1.29, 1.82) is 0 Å². The molecule has 0 radical (unpaired) electrons. The molecule has 36 heavy (non-hydrogen) atoms. The number of thiol groups is 1. The Morgan fingerprint density at radius 2 is 1.83 bits per heavy atom. The second-order valence-corrected chi connectivity index (χ2v) is 12.9. The molecule has 0 bridgehead atoms. The minimum atomic E-state index is -4.48. The molecule has 6 rings (SSSR count). The number of rotatable bonds is 3. The molecule has 0 spiro atoms. The van der Waals surface area contributed by atoms with Gasteiger partial charge in [-0.05, 0) is 62.0 Å². The predicted molar refractivity (Wildman–Crippen MR) is 137 cm³/mol. The van der Waals surface area contributed by atoms with Crippen molar-refractivity contribution < 1.29 is 13.2 Å². The van der Waals surface area contributed by atoms with Crippen molar-refractivity contribution in [3.05, 3.63) is 58.3 Å². The highest BCUT2D eigenvalue weighted by molar-refractivity contribution is 8.18. The van der Waals surface area contributed by atoms with Gasteiger partial charge in [0, 0.05) is 59.8 Å². The molecule has 1 saturated carbocycles. The molecule has 1 aromatic carbocycles. The third-order valence-corrected chi connectivity index (χ3v) is 10.6. The quantitative estimate of drug-likeness (QED) is 0.507. The second kappa shape index (κ2) is 8.76. The summed E-state index contributed by atoms with van der Waals surface area (Å²) in [5.41, 5.74) is 0.474. The molecule has 4 atom stereocenters. The number of anilines is 1. The lowest BCUT2D eigenvalue weighted by Crippen LogP contribution is -2.55. The molecule has 4 heterocycles. The van der Waals surface area contributed by atoms with Crippen LogP contribution in [0.1, 0.15) is 43.9 Å². The van der Waals surface area contributed by atoms with E-state index in [9.17, 15) is 18.0 Å². The van der Waals surface area contributed by atoms with Gasteiger partial charge in [-0.2, -0.15) is 18.2 Å². The van der Waals surface area contributed by atoms with Gasteiger partial charge in [0.1, 0.15) is 5.82 Å². The summed E-state index contributed by atoms with van der Waals surface area (Å²) in [5, 5.41) is 4.27. The Labute approximate surface area is 210 Å². The van der Waals surface area contributed by atoms with Gasteiger partial charge in [0.2, 0.25) is 0 Å². The first-order valence-corrected chi connectivity index (χ1v) is 14.1. The van der Waals surface area contributed by atoms with E-state index in [1.807, 2.05) is 36.9 Å². The summed E-state index contributed by atoms with van der Waals surface area (Å²) in [6, 6.07) is 8.54. The molecule has 2 fully saturated rings. The average Bonchev–Trinajstić information content (AvgIpc) is 3.67. The number of pyridine rings is 1. The molecule has 6 nitrogen and oxygen atoms in total. The van der Waals surface area contributed by atoms with Crippen molar-refractivity contribution in [2.75, 3.05) is 23.7 Å². The van der Waals surface area contributed by atoms with E-state index < -0.39 is 28.3 Å². The maximum absolute atomic E-state index is 14.2. The molecule has 2 aromatic heterocycles. The summed E-state index contributed by atoms with van der Waals surface area (Å²) in [5.74, 6) is 1.05. The number of alkyl halides is 3. The van der Waals surface area contributed by atoms with E-state index in [1.54, 1.807) is 10.8 Å². The van der Waals surface area contributed by atoms with Crippen LogP contribution in [0.4, 0.5) is 19.0 Å². The van der Waals surface area contributed by atoms with Crippen LogP contribution in [0, 0.1) is 0 Å². The van der Waals surface area contributed by atoms with Gasteiger partial charge in [0.05, 0.1) is 11.1 Å². The van der Waals surface area contributed by atoms with Gasteiger partial charge in [-0.3, -0.25) is 9.55 Å². The number of nitrogens with one attached hydrogen (secondary N) is 1. The van der Waals surface area contributed by atoms with Gasteiger partial charge in [-0.15, -0.1) is 0 Å². The van der Waals surface area contributed by atoms with Crippen molar-refractivity contribution in [3.8, 4) is 0 Å².